The molecule has 130 valence electrons. The molecule has 1 unspecified atom stereocenters. The number of ether oxygens (including phenoxy) is 2. The van der Waals surface area contributed by atoms with E-state index in [1.807, 2.05) is 24.3 Å². The Morgan fingerprint density at radius 2 is 2.08 bits per heavy atom. The van der Waals surface area contributed by atoms with Crippen LogP contribution in [0.4, 0.5) is 0 Å². The van der Waals surface area contributed by atoms with Crippen LogP contribution in [0.5, 0.6) is 11.5 Å². The van der Waals surface area contributed by atoms with E-state index >= 15 is 0 Å². The number of nitrogens with one attached hydrogen (secondary N) is 2. The summed E-state index contributed by atoms with van der Waals surface area (Å²) in [7, 11) is 0. The number of thiophene rings is 1. The fraction of sp³-hybridized carbons (Fsp3) is 0.353. The first-order valence-corrected chi connectivity index (χ1v) is 8.71. The highest BCUT2D eigenvalue weighted by molar-refractivity contribution is 14.0. The van der Waals surface area contributed by atoms with Crippen LogP contribution in [-0.2, 0) is 6.54 Å². The Morgan fingerprint density at radius 1 is 1.25 bits per heavy atom. The third kappa shape index (κ3) is 5.27. The lowest BCUT2D eigenvalue weighted by Crippen LogP contribution is -2.45. The maximum atomic E-state index is 5.94. The van der Waals surface area contributed by atoms with Gasteiger partial charge in [-0.25, -0.2) is 4.99 Å². The lowest BCUT2D eigenvalue weighted by Gasteiger charge is -2.27. The Hall–Kier alpha value is -1.48. The van der Waals surface area contributed by atoms with Gasteiger partial charge in [0, 0.05) is 6.54 Å². The molecule has 0 saturated heterocycles. The molecule has 1 aliphatic heterocycles. The van der Waals surface area contributed by atoms with Gasteiger partial charge in [0.25, 0.3) is 0 Å². The second-order valence-corrected chi connectivity index (χ2v) is 5.99. The van der Waals surface area contributed by atoms with Gasteiger partial charge in [0.05, 0.1) is 13.1 Å². The Kier molecular flexibility index (Phi) is 7.64. The maximum Gasteiger partial charge on any atom is 0.191 e. The van der Waals surface area contributed by atoms with Gasteiger partial charge in [-0.05, 0) is 41.4 Å². The van der Waals surface area contributed by atoms with Gasteiger partial charge in [0.15, 0.2) is 17.5 Å². The lowest BCUT2D eigenvalue weighted by atomic mass is 10.2. The second-order valence-electron chi connectivity index (χ2n) is 5.21. The fourth-order valence-electron chi connectivity index (χ4n) is 2.27. The summed E-state index contributed by atoms with van der Waals surface area (Å²) in [6.07, 6.45) is -0.0325. The molecule has 5 nitrogen and oxygen atoms in total. The quantitative estimate of drug-likeness (QED) is 0.410. The molecule has 7 heteroatoms. The van der Waals surface area contributed by atoms with Gasteiger partial charge in [-0.15, -0.1) is 24.0 Å². The van der Waals surface area contributed by atoms with E-state index < -0.39 is 0 Å². The van der Waals surface area contributed by atoms with Crippen LogP contribution in [0.3, 0.4) is 0 Å². The maximum absolute atomic E-state index is 5.94. The minimum atomic E-state index is -0.0325. The Morgan fingerprint density at radius 3 is 2.83 bits per heavy atom. The van der Waals surface area contributed by atoms with Crippen molar-refractivity contribution in [3.63, 3.8) is 0 Å². The molecule has 1 aliphatic rings. The van der Waals surface area contributed by atoms with Crippen molar-refractivity contribution in [1.82, 2.24) is 10.6 Å². The zero-order chi connectivity index (χ0) is 15.9. The molecule has 24 heavy (non-hydrogen) atoms. The molecular weight excluding hydrogens is 437 g/mol. The lowest BCUT2D eigenvalue weighted by molar-refractivity contribution is 0.0936. The van der Waals surface area contributed by atoms with Crippen molar-refractivity contribution in [1.29, 1.82) is 0 Å². The number of benzene rings is 1. The van der Waals surface area contributed by atoms with Crippen molar-refractivity contribution < 1.29 is 9.47 Å². The predicted molar refractivity (Wildman–Crippen MR) is 109 cm³/mol. The summed E-state index contributed by atoms with van der Waals surface area (Å²) in [6.45, 7) is 4.72. The number of hydrogen-bond donors (Lipinski definition) is 2. The summed E-state index contributed by atoms with van der Waals surface area (Å²) in [5.74, 6) is 2.40. The third-order valence-electron chi connectivity index (χ3n) is 3.41. The van der Waals surface area contributed by atoms with Crippen LogP contribution >= 0.6 is 35.3 Å². The van der Waals surface area contributed by atoms with Crippen molar-refractivity contribution in [2.75, 3.05) is 19.7 Å². The number of para-hydroxylation sites is 2. The van der Waals surface area contributed by atoms with E-state index in [4.69, 9.17) is 9.47 Å². The number of rotatable bonds is 5. The highest BCUT2D eigenvalue weighted by Crippen LogP contribution is 2.30. The van der Waals surface area contributed by atoms with Gasteiger partial charge in [0.2, 0.25) is 0 Å². The van der Waals surface area contributed by atoms with E-state index in [0.29, 0.717) is 19.7 Å². The number of aliphatic imine (C=N–C) groups is 1. The molecule has 2 heterocycles. The van der Waals surface area contributed by atoms with Crippen LogP contribution in [0.15, 0.2) is 46.1 Å². The Balaban J connectivity index is 0.00000208. The SMILES string of the molecule is CCNC(=NCc1ccsc1)NCC1COc2ccccc2O1.I. The number of fused-ring (bicyclic) bond motifs is 1. The number of guanidine groups is 1. The van der Waals surface area contributed by atoms with Crippen LogP contribution in [0.25, 0.3) is 0 Å². The minimum absolute atomic E-state index is 0. The van der Waals surface area contributed by atoms with Crippen molar-refractivity contribution >= 4 is 41.3 Å². The number of hydrogen-bond acceptors (Lipinski definition) is 4. The molecule has 1 aromatic carbocycles. The largest absolute Gasteiger partial charge is 0.486 e. The monoisotopic (exact) mass is 459 g/mol. The second kappa shape index (κ2) is 9.73. The fourth-order valence-corrected chi connectivity index (χ4v) is 2.93. The third-order valence-corrected chi connectivity index (χ3v) is 4.14. The molecule has 1 aromatic heterocycles. The van der Waals surface area contributed by atoms with E-state index in [1.54, 1.807) is 11.3 Å². The van der Waals surface area contributed by atoms with Gasteiger partial charge in [-0.2, -0.15) is 11.3 Å². The molecule has 2 N–H and O–H groups in total. The van der Waals surface area contributed by atoms with E-state index in [1.165, 1.54) is 5.56 Å². The van der Waals surface area contributed by atoms with Crippen LogP contribution in [-0.4, -0.2) is 31.8 Å². The van der Waals surface area contributed by atoms with Crippen molar-refractivity contribution in [3.05, 3.63) is 46.7 Å². The average molecular weight is 459 g/mol. The molecule has 0 aliphatic carbocycles. The summed E-state index contributed by atoms with van der Waals surface area (Å²) in [5.41, 5.74) is 1.22. The van der Waals surface area contributed by atoms with E-state index in [-0.39, 0.29) is 30.1 Å². The first kappa shape index (κ1) is 18.9. The first-order valence-electron chi connectivity index (χ1n) is 7.77. The summed E-state index contributed by atoms with van der Waals surface area (Å²) in [5, 5.41) is 10.7. The zero-order valence-corrected chi connectivity index (χ0v) is 16.7. The highest BCUT2D eigenvalue weighted by atomic mass is 127. The molecule has 0 spiro atoms. The van der Waals surface area contributed by atoms with E-state index in [2.05, 4.69) is 39.4 Å². The molecule has 0 radical (unpaired) electrons. The van der Waals surface area contributed by atoms with Gasteiger partial charge in [0.1, 0.15) is 12.7 Å². The molecule has 0 amide bonds. The summed E-state index contributed by atoms with van der Waals surface area (Å²) >= 11 is 1.69. The average Bonchev–Trinajstić information content (AvgIpc) is 3.11. The number of nitrogens with zero attached hydrogens (tertiary/aromatic N) is 1. The highest BCUT2D eigenvalue weighted by Gasteiger charge is 2.20. The van der Waals surface area contributed by atoms with Crippen molar-refractivity contribution in [2.24, 2.45) is 4.99 Å². The summed E-state index contributed by atoms with van der Waals surface area (Å²) in [4.78, 5) is 4.59. The van der Waals surface area contributed by atoms with Crippen molar-refractivity contribution in [3.8, 4) is 11.5 Å². The molecule has 1 atom stereocenters. The molecule has 0 bridgehead atoms. The minimum Gasteiger partial charge on any atom is -0.486 e. The first-order chi connectivity index (χ1) is 11.3. The molecular formula is C17H22IN3O2S. The normalized spacial score (nSPS) is 16.2. The molecule has 0 fully saturated rings. The zero-order valence-electron chi connectivity index (χ0n) is 13.5. The van der Waals surface area contributed by atoms with Crippen molar-refractivity contribution in [2.45, 2.75) is 19.6 Å². The molecule has 2 aromatic rings. The van der Waals surface area contributed by atoms with E-state index in [9.17, 15) is 0 Å². The Labute approximate surface area is 163 Å². The van der Waals surface area contributed by atoms with Crippen LogP contribution in [0.1, 0.15) is 12.5 Å². The van der Waals surface area contributed by atoms with E-state index in [0.717, 1.165) is 24.0 Å². The van der Waals surface area contributed by atoms with Crippen LogP contribution in [0, 0.1) is 0 Å². The van der Waals surface area contributed by atoms with Gasteiger partial charge >= 0.3 is 0 Å². The van der Waals surface area contributed by atoms with Crippen LogP contribution in [0.2, 0.25) is 0 Å². The molecule has 3 rings (SSSR count). The topological polar surface area (TPSA) is 54.9 Å². The van der Waals surface area contributed by atoms with Crippen LogP contribution < -0.4 is 20.1 Å². The molecule has 0 saturated carbocycles. The van der Waals surface area contributed by atoms with Gasteiger partial charge in [-0.3, -0.25) is 0 Å². The summed E-state index contributed by atoms with van der Waals surface area (Å²) in [6, 6.07) is 9.83. The van der Waals surface area contributed by atoms with Gasteiger partial charge in [-0.1, -0.05) is 12.1 Å². The predicted octanol–water partition coefficient (Wildman–Crippen LogP) is 3.26. The number of halogens is 1. The van der Waals surface area contributed by atoms with Gasteiger partial charge < -0.3 is 20.1 Å². The standard InChI is InChI=1S/C17H21N3O2S.HI/c1-2-18-17(19-9-13-7-8-23-12-13)20-10-14-11-21-15-5-3-4-6-16(15)22-14;/h3-8,12,14H,2,9-11H2,1H3,(H2,18,19,20);1H. The summed E-state index contributed by atoms with van der Waals surface area (Å²) < 4.78 is 11.7. The Bertz CT molecular complexity index is 649. The smallest absolute Gasteiger partial charge is 0.191 e.